The van der Waals surface area contributed by atoms with E-state index in [1.54, 1.807) is 12.3 Å². The molecule has 6 nitrogen and oxygen atoms in total. The highest BCUT2D eigenvalue weighted by Gasteiger charge is 2.06. The molecule has 2 aromatic carbocycles. The summed E-state index contributed by atoms with van der Waals surface area (Å²) in [6, 6.07) is 12.8. The lowest BCUT2D eigenvalue weighted by atomic mass is 10.2. The Kier molecular flexibility index (Phi) is 3.49. The summed E-state index contributed by atoms with van der Waals surface area (Å²) in [5, 5.41) is 23.4. The predicted octanol–water partition coefficient (Wildman–Crippen LogP) is 2.97. The van der Waals surface area contributed by atoms with E-state index in [9.17, 15) is 15.2 Å². The molecule has 0 N–H and O–H groups in total. The van der Waals surface area contributed by atoms with Gasteiger partial charge in [0, 0.05) is 29.9 Å². The molecule has 0 aliphatic heterocycles. The minimum atomic E-state index is -0.545. The number of rotatable bonds is 3. The van der Waals surface area contributed by atoms with Crippen LogP contribution in [0.15, 0.2) is 59.7 Å². The van der Waals surface area contributed by atoms with Crippen molar-refractivity contribution < 1.29 is 10.0 Å². The first kappa shape index (κ1) is 13.7. The Hall–Kier alpha value is -3.28. The van der Waals surface area contributed by atoms with E-state index >= 15 is 0 Å². The molecule has 0 atom stereocenters. The van der Waals surface area contributed by atoms with Gasteiger partial charge in [-0.05, 0) is 17.7 Å². The molecule has 0 fully saturated rings. The Balaban J connectivity index is 2.03. The zero-order valence-electron chi connectivity index (χ0n) is 11.3. The summed E-state index contributed by atoms with van der Waals surface area (Å²) in [5.74, 6) is -0.317. The van der Waals surface area contributed by atoms with Crippen molar-refractivity contribution in [2.24, 2.45) is 4.99 Å². The van der Waals surface area contributed by atoms with E-state index in [0.717, 1.165) is 5.39 Å². The van der Waals surface area contributed by atoms with Gasteiger partial charge in [-0.25, -0.2) is 0 Å². The summed E-state index contributed by atoms with van der Waals surface area (Å²) in [4.78, 5) is 18.7. The quantitative estimate of drug-likeness (QED) is 0.421. The number of pyridine rings is 1. The minimum absolute atomic E-state index is 0.142. The van der Waals surface area contributed by atoms with Crippen LogP contribution in [0.1, 0.15) is 5.56 Å². The fraction of sp³-hybridized carbons (Fsp3) is 0. The Morgan fingerprint density at radius 3 is 2.77 bits per heavy atom. The van der Waals surface area contributed by atoms with E-state index in [1.165, 1.54) is 24.4 Å². The van der Waals surface area contributed by atoms with Gasteiger partial charge >= 0.3 is 0 Å². The number of nitro benzene ring substituents is 1. The van der Waals surface area contributed by atoms with Crippen molar-refractivity contribution >= 4 is 28.5 Å². The molecule has 3 aromatic rings. The SMILES string of the molecule is O=[N+]([O-])c1ccc([O-])c(C=Nc2cccc3cccnc23)c1. The zero-order valence-corrected chi connectivity index (χ0v) is 11.3. The van der Waals surface area contributed by atoms with E-state index in [1.807, 2.05) is 24.3 Å². The van der Waals surface area contributed by atoms with Crippen LogP contribution in [0.3, 0.4) is 0 Å². The second kappa shape index (κ2) is 5.61. The largest absolute Gasteiger partial charge is 0.872 e. The molecule has 108 valence electrons. The Morgan fingerprint density at radius 2 is 1.95 bits per heavy atom. The lowest BCUT2D eigenvalue weighted by Gasteiger charge is -2.08. The molecule has 0 aliphatic carbocycles. The first-order valence-corrected chi connectivity index (χ1v) is 6.48. The summed E-state index contributed by atoms with van der Waals surface area (Å²) in [7, 11) is 0. The summed E-state index contributed by atoms with van der Waals surface area (Å²) in [6.07, 6.45) is 2.99. The summed E-state index contributed by atoms with van der Waals surface area (Å²) < 4.78 is 0. The monoisotopic (exact) mass is 292 g/mol. The van der Waals surface area contributed by atoms with Crippen LogP contribution in [0, 0.1) is 10.1 Å². The number of hydrogen-bond acceptors (Lipinski definition) is 5. The molecule has 6 heteroatoms. The standard InChI is InChI=1S/C16H11N3O3/c20-15-7-6-13(19(21)22)9-12(15)10-18-14-5-1-3-11-4-2-8-17-16(11)14/h1-10,20H/p-1. The van der Waals surface area contributed by atoms with Crippen molar-refractivity contribution in [1.82, 2.24) is 4.98 Å². The molecule has 1 aromatic heterocycles. The third-order valence-electron chi connectivity index (χ3n) is 3.16. The fourth-order valence-corrected chi connectivity index (χ4v) is 2.08. The van der Waals surface area contributed by atoms with Crippen LogP contribution in [0.2, 0.25) is 0 Å². The molecule has 0 aliphatic rings. The predicted molar refractivity (Wildman–Crippen MR) is 81.5 cm³/mol. The molecular weight excluding hydrogens is 282 g/mol. The highest BCUT2D eigenvalue weighted by atomic mass is 16.6. The molecule has 0 unspecified atom stereocenters. The number of aliphatic imine (C=N–C) groups is 1. The van der Waals surface area contributed by atoms with Gasteiger partial charge in [0.1, 0.15) is 0 Å². The summed E-state index contributed by atoms with van der Waals surface area (Å²) in [5.41, 5.74) is 1.34. The van der Waals surface area contributed by atoms with Crippen LogP contribution in [0.25, 0.3) is 10.9 Å². The lowest BCUT2D eigenvalue weighted by molar-refractivity contribution is -0.385. The smallest absolute Gasteiger partial charge is 0.270 e. The average molecular weight is 292 g/mol. The van der Waals surface area contributed by atoms with E-state index in [2.05, 4.69) is 9.98 Å². The number of nitro groups is 1. The van der Waals surface area contributed by atoms with Crippen molar-refractivity contribution in [3.05, 3.63) is 70.4 Å². The molecule has 1 heterocycles. The van der Waals surface area contributed by atoms with E-state index in [4.69, 9.17) is 0 Å². The number of aromatic nitrogens is 1. The van der Waals surface area contributed by atoms with Gasteiger partial charge in [0.25, 0.3) is 5.69 Å². The van der Waals surface area contributed by atoms with Gasteiger partial charge in [-0.2, -0.15) is 0 Å². The topological polar surface area (TPSA) is 91.5 Å². The Labute approximate surface area is 125 Å². The number of non-ortho nitro benzene ring substituents is 1. The average Bonchev–Trinajstić information content (AvgIpc) is 2.54. The zero-order chi connectivity index (χ0) is 15.5. The second-order valence-electron chi connectivity index (χ2n) is 4.59. The van der Waals surface area contributed by atoms with Crippen molar-refractivity contribution in [1.29, 1.82) is 0 Å². The normalized spacial score (nSPS) is 11.1. The maximum Gasteiger partial charge on any atom is 0.270 e. The molecule has 22 heavy (non-hydrogen) atoms. The van der Waals surface area contributed by atoms with Crippen molar-refractivity contribution in [2.45, 2.75) is 0 Å². The molecule has 0 radical (unpaired) electrons. The Bertz CT molecular complexity index is 885. The second-order valence-corrected chi connectivity index (χ2v) is 4.59. The van der Waals surface area contributed by atoms with Gasteiger partial charge in [-0.1, -0.05) is 30.0 Å². The number of nitrogens with zero attached hydrogens (tertiary/aromatic N) is 3. The molecule has 0 spiro atoms. The van der Waals surface area contributed by atoms with Crippen LogP contribution in [0.4, 0.5) is 11.4 Å². The minimum Gasteiger partial charge on any atom is -0.872 e. The summed E-state index contributed by atoms with van der Waals surface area (Å²) in [6.45, 7) is 0. The maximum atomic E-state index is 11.7. The van der Waals surface area contributed by atoms with Crippen molar-refractivity contribution in [2.75, 3.05) is 0 Å². The van der Waals surface area contributed by atoms with Gasteiger partial charge < -0.3 is 5.11 Å². The molecular formula is C16H10N3O3-. The van der Waals surface area contributed by atoms with Crippen molar-refractivity contribution in [3.8, 4) is 5.75 Å². The highest BCUT2D eigenvalue weighted by Crippen LogP contribution is 2.25. The lowest BCUT2D eigenvalue weighted by Crippen LogP contribution is -1.98. The van der Waals surface area contributed by atoms with E-state index in [0.29, 0.717) is 11.2 Å². The maximum absolute atomic E-state index is 11.7. The molecule has 0 saturated carbocycles. The number of benzene rings is 2. The van der Waals surface area contributed by atoms with Gasteiger partial charge in [-0.15, -0.1) is 0 Å². The van der Waals surface area contributed by atoms with Gasteiger partial charge in [-0.3, -0.25) is 20.1 Å². The molecule has 0 bridgehead atoms. The van der Waals surface area contributed by atoms with Crippen LogP contribution >= 0.6 is 0 Å². The van der Waals surface area contributed by atoms with Gasteiger partial charge in [0.05, 0.1) is 16.1 Å². The third-order valence-corrected chi connectivity index (χ3v) is 3.16. The highest BCUT2D eigenvalue weighted by molar-refractivity contribution is 5.93. The molecule has 3 rings (SSSR count). The van der Waals surface area contributed by atoms with Crippen LogP contribution in [-0.2, 0) is 0 Å². The first-order chi connectivity index (χ1) is 10.6. The molecule has 0 amide bonds. The number of fused-ring (bicyclic) bond motifs is 1. The van der Waals surface area contributed by atoms with E-state index < -0.39 is 4.92 Å². The van der Waals surface area contributed by atoms with Crippen molar-refractivity contribution in [3.63, 3.8) is 0 Å². The van der Waals surface area contributed by atoms with Gasteiger partial charge in [0.2, 0.25) is 0 Å². The van der Waals surface area contributed by atoms with Crippen LogP contribution in [-0.4, -0.2) is 16.1 Å². The third kappa shape index (κ3) is 2.62. The van der Waals surface area contributed by atoms with Gasteiger partial charge in [0.15, 0.2) is 0 Å². The fourth-order valence-electron chi connectivity index (χ4n) is 2.08. The van der Waals surface area contributed by atoms with E-state index in [-0.39, 0.29) is 17.0 Å². The number of para-hydroxylation sites is 1. The van der Waals surface area contributed by atoms with Crippen LogP contribution in [0.5, 0.6) is 5.75 Å². The first-order valence-electron chi connectivity index (χ1n) is 6.48. The van der Waals surface area contributed by atoms with Crippen LogP contribution < -0.4 is 5.11 Å². The number of hydrogen-bond donors (Lipinski definition) is 0. The Morgan fingerprint density at radius 1 is 1.14 bits per heavy atom. The summed E-state index contributed by atoms with van der Waals surface area (Å²) >= 11 is 0. The molecule has 0 saturated heterocycles.